The Bertz CT molecular complexity index is 1150. The Morgan fingerprint density at radius 2 is 1.90 bits per heavy atom. The maximum atomic E-state index is 13.2. The maximum Gasteiger partial charge on any atom is 0.346 e. The molecule has 5 rings (SSSR count). The van der Waals surface area contributed by atoms with Gasteiger partial charge in [-0.25, -0.2) is 9.48 Å². The quantitative estimate of drug-likeness (QED) is 0.673. The van der Waals surface area contributed by atoms with Crippen LogP contribution in [-0.2, 0) is 24.4 Å². The number of carbonyl (C=O) groups is 1. The van der Waals surface area contributed by atoms with Gasteiger partial charge in [0.05, 0.1) is 13.1 Å². The molecule has 3 aromatic rings. The predicted molar refractivity (Wildman–Crippen MR) is 112 cm³/mol. The molecule has 0 bridgehead atoms. The first-order chi connectivity index (χ1) is 14.6. The van der Waals surface area contributed by atoms with Crippen molar-refractivity contribution in [1.82, 2.24) is 19.2 Å². The number of rotatable bonds is 3. The van der Waals surface area contributed by atoms with Crippen LogP contribution in [0.5, 0.6) is 0 Å². The second kappa shape index (κ2) is 7.25. The van der Waals surface area contributed by atoms with Gasteiger partial charge in [-0.05, 0) is 36.6 Å². The summed E-state index contributed by atoms with van der Waals surface area (Å²) in [4.78, 5) is 27.6. The molecule has 0 aliphatic carbocycles. The summed E-state index contributed by atoms with van der Waals surface area (Å²) in [7, 11) is 0. The zero-order valence-corrected chi connectivity index (χ0v) is 17.0. The Labute approximate surface area is 174 Å². The molecule has 0 radical (unpaired) electrons. The van der Waals surface area contributed by atoms with Crippen LogP contribution < -0.4 is 5.69 Å². The molecular weight excluding hydrogens is 380 g/mol. The van der Waals surface area contributed by atoms with Gasteiger partial charge >= 0.3 is 5.69 Å². The molecule has 3 heterocycles. The largest absolute Gasteiger partial charge is 0.363 e. The fourth-order valence-electron chi connectivity index (χ4n) is 4.42. The standard InChI is InChI=1S/C23H24N4O3/c1-2-27-22(29)26-16-23(30-14-20(26)24-27)11-12-25(15-23)21(28)19-10-6-9-18(13-19)17-7-4-3-5-8-17/h3-10,13H,2,11-12,14-16H2,1H3. The van der Waals surface area contributed by atoms with Crippen LogP contribution in [-0.4, -0.2) is 43.8 Å². The van der Waals surface area contributed by atoms with Crippen LogP contribution in [0, 0.1) is 0 Å². The Morgan fingerprint density at radius 3 is 2.70 bits per heavy atom. The Morgan fingerprint density at radius 1 is 1.10 bits per heavy atom. The highest BCUT2D eigenvalue weighted by molar-refractivity contribution is 5.95. The molecule has 1 spiro atoms. The molecule has 7 heteroatoms. The number of carbonyl (C=O) groups excluding carboxylic acids is 1. The third-order valence-corrected chi connectivity index (χ3v) is 6.07. The molecule has 1 fully saturated rings. The molecule has 2 aliphatic rings. The van der Waals surface area contributed by atoms with Gasteiger partial charge in [0.1, 0.15) is 12.2 Å². The van der Waals surface area contributed by atoms with Crippen molar-refractivity contribution in [3.05, 3.63) is 76.5 Å². The van der Waals surface area contributed by atoms with Gasteiger partial charge in [-0.2, -0.15) is 5.10 Å². The number of aromatic nitrogens is 3. The molecule has 154 valence electrons. The number of hydrogen-bond donors (Lipinski definition) is 0. The SMILES string of the molecule is CCn1nc2n(c1=O)CC1(CCN(C(=O)c3cccc(-c4ccccc4)c3)C1)OC2. The lowest BCUT2D eigenvalue weighted by atomic mass is 10.0. The topological polar surface area (TPSA) is 69.4 Å². The lowest BCUT2D eigenvalue weighted by molar-refractivity contribution is -0.0816. The molecule has 2 aromatic carbocycles. The third kappa shape index (κ3) is 3.15. The van der Waals surface area contributed by atoms with Gasteiger partial charge in [-0.3, -0.25) is 9.36 Å². The molecule has 1 unspecified atom stereocenters. The minimum Gasteiger partial charge on any atom is -0.363 e. The molecular formula is C23H24N4O3. The highest BCUT2D eigenvalue weighted by Gasteiger charge is 2.45. The smallest absolute Gasteiger partial charge is 0.346 e. The Balaban J connectivity index is 1.36. The first-order valence-electron chi connectivity index (χ1n) is 10.3. The van der Waals surface area contributed by atoms with Crippen LogP contribution in [0.1, 0.15) is 29.5 Å². The zero-order valence-electron chi connectivity index (χ0n) is 17.0. The molecule has 0 saturated carbocycles. The Hall–Kier alpha value is -3.19. The summed E-state index contributed by atoms with van der Waals surface area (Å²) >= 11 is 0. The van der Waals surface area contributed by atoms with Gasteiger partial charge in [0, 0.05) is 18.7 Å². The summed E-state index contributed by atoms with van der Waals surface area (Å²) in [6.07, 6.45) is 0.709. The van der Waals surface area contributed by atoms with E-state index in [0.29, 0.717) is 50.6 Å². The second-order valence-electron chi connectivity index (χ2n) is 8.00. The molecule has 30 heavy (non-hydrogen) atoms. The van der Waals surface area contributed by atoms with Crippen LogP contribution in [0.4, 0.5) is 0 Å². The van der Waals surface area contributed by atoms with E-state index in [2.05, 4.69) is 5.10 Å². The van der Waals surface area contributed by atoms with Crippen molar-refractivity contribution < 1.29 is 9.53 Å². The molecule has 2 aliphatic heterocycles. The molecule has 0 N–H and O–H groups in total. The van der Waals surface area contributed by atoms with Crippen molar-refractivity contribution in [3.8, 4) is 11.1 Å². The van der Waals surface area contributed by atoms with Crippen molar-refractivity contribution in [3.63, 3.8) is 0 Å². The van der Waals surface area contributed by atoms with E-state index in [1.807, 2.05) is 66.4 Å². The van der Waals surface area contributed by atoms with Gasteiger partial charge in [-0.15, -0.1) is 0 Å². The lowest BCUT2D eigenvalue weighted by Gasteiger charge is -2.33. The van der Waals surface area contributed by atoms with Gasteiger partial charge in [-0.1, -0.05) is 42.5 Å². The normalized spacial score (nSPS) is 20.5. The fraction of sp³-hybridized carbons (Fsp3) is 0.348. The average molecular weight is 404 g/mol. The maximum absolute atomic E-state index is 13.2. The van der Waals surface area contributed by atoms with E-state index >= 15 is 0 Å². The van der Waals surface area contributed by atoms with E-state index < -0.39 is 5.60 Å². The molecule has 1 amide bonds. The second-order valence-corrected chi connectivity index (χ2v) is 8.00. The van der Waals surface area contributed by atoms with E-state index in [4.69, 9.17) is 4.74 Å². The number of likely N-dealkylation sites (tertiary alicyclic amines) is 1. The van der Waals surface area contributed by atoms with E-state index in [0.717, 1.165) is 11.1 Å². The minimum absolute atomic E-state index is 0.00402. The number of hydrogen-bond acceptors (Lipinski definition) is 4. The number of benzene rings is 2. The van der Waals surface area contributed by atoms with E-state index in [1.54, 1.807) is 4.57 Å². The van der Waals surface area contributed by atoms with Crippen molar-refractivity contribution >= 4 is 5.91 Å². The summed E-state index contributed by atoms with van der Waals surface area (Å²) in [5.41, 5.74) is 2.15. The van der Waals surface area contributed by atoms with Crippen LogP contribution in [0.25, 0.3) is 11.1 Å². The third-order valence-electron chi connectivity index (χ3n) is 6.07. The van der Waals surface area contributed by atoms with E-state index in [-0.39, 0.29) is 11.6 Å². The highest BCUT2D eigenvalue weighted by Crippen LogP contribution is 2.32. The van der Waals surface area contributed by atoms with Crippen molar-refractivity contribution in [2.75, 3.05) is 13.1 Å². The molecule has 7 nitrogen and oxygen atoms in total. The summed E-state index contributed by atoms with van der Waals surface area (Å²) in [6.45, 7) is 4.26. The van der Waals surface area contributed by atoms with Gasteiger partial charge in [0.15, 0.2) is 5.82 Å². The van der Waals surface area contributed by atoms with Crippen LogP contribution in [0.15, 0.2) is 59.4 Å². The van der Waals surface area contributed by atoms with Crippen molar-refractivity contribution in [2.45, 2.75) is 38.6 Å². The van der Waals surface area contributed by atoms with Crippen LogP contribution in [0.3, 0.4) is 0 Å². The lowest BCUT2D eigenvalue weighted by Crippen LogP contribution is -2.47. The summed E-state index contributed by atoms with van der Waals surface area (Å²) in [6, 6.07) is 17.8. The Kier molecular flexibility index (Phi) is 4.55. The average Bonchev–Trinajstić information content (AvgIpc) is 3.35. The number of aryl methyl sites for hydroxylation is 1. The van der Waals surface area contributed by atoms with Gasteiger partial charge in [0.25, 0.3) is 5.91 Å². The summed E-state index contributed by atoms with van der Waals surface area (Å²) < 4.78 is 9.31. The van der Waals surface area contributed by atoms with Crippen molar-refractivity contribution in [2.24, 2.45) is 0 Å². The summed E-state index contributed by atoms with van der Waals surface area (Å²) in [5.74, 6) is 0.656. The van der Waals surface area contributed by atoms with Crippen LogP contribution >= 0.6 is 0 Å². The predicted octanol–water partition coefficient (Wildman–Crippen LogP) is 2.55. The zero-order chi connectivity index (χ0) is 20.7. The first kappa shape index (κ1) is 18.8. The first-order valence-corrected chi connectivity index (χ1v) is 10.3. The molecule has 1 saturated heterocycles. The van der Waals surface area contributed by atoms with Crippen LogP contribution in [0.2, 0.25) is 0 Å². The molecule has 1 atom stereocenters. The number of ether oxygens (including phenoxy) is 1. The number of amides is 1. The van der Waals surface area contributed by atoms with E-state index in [9.17, 15) is 9.59 Å². The number of nitrogens with zero attached hydrogens (tertiary/aromatic N) is 4. The monoisotopic (exact) mass is 404 g/mol. The fourth-order valence-corrected chi connectivity index (χ4v) is 4.42. The summed E-state index contributed by atoms with van der Waals surface area (Å²) in [5, 5.41) is 4.33. The highest BCUT2D eigenvalue weighted by atomic mass is 16.5. The van der Waals surface area contributed by atoms with Gasteiger partial charge < -0.3 is 9.64 Å². The number of fused-ring (bicyclic) bond motifs is 1. The van der Waals surface area contributed by atoms with Crippen molar-refractivity contribution in [1.29, 1.82) is 0 Å². The van der Waals surface area contributed by atoms with Gasteiger partial charge in [0.2, 0.25) is 0 Å². The molecule has 1 aromatic heterocycles. The van der Waals surface area contributed by atoms with E-state index in [1.165, 1.54) is 4.68 Å². The minimum atomic E-state index is -0.523.